The van der Waals surface area contributed by atoms with Gasteiger partial charge in [0.05, 0.1) is 23.1 Å². The fourth-order valence-electron chi connectivity index (χ4n) is 1.30. The van der Waals surface area contributed by atoms with Crippen molar-refractivity contribution in [3.05, 3.63) is 35.0 Å². The lowest BCUT2D eigenvalue weighted by atomic mass is 10.3. The quantitative estimate of drug-likeness (QED) is 0.852. The highest BCUT2D eigenvalue weighted by atomic mass is 32.1. The SMILES string of the molecule is CN(C(=O)c1cscn1)c1ccncc1N. The zero-order chi connectivity index (χ0) is 11.5. The molecular formula is C10H10N4OS. The Balaban J connectivity index is 2.30. The number of aromatic nitrogens is 2. The highest BCUT2D eigenvalue weighted by Crippen LogP contribution is 2.21. The number of thiazole rings is 1. The second-order valence-electron chi connectivity index (χ2n) is 3.17. The van der Waals surface area contributed by atoms with Crippen molar-refractivity contribution >= 4 is 28.6 Å². The molecule has 5 nitrogen and oxygen atoms in total. The van der Waals surface area contributed by atoms with Crippen LogP contribution in [0.2, 0.25) is 0 Å². The standard InChI is InChI=1S/C10H10N4OS/c1-14(9-2-3-12-4-7(9)11)10(15)8-5-16-6-13-8/h2-6H,11H2,1H3. The van der Waals surface area contributed by atoms with Gasteiger partial charge in [-0.25, -0.2) is 4.98 Å². The minimum absolute atomic E-state index is 0.181. The predicted molar refractivity (Wildman–Crippen MR) is 63.5 cm³/mol. The number of nitrogens with two attached hydrogens (primary N) is 1. The van der Waals surface area contributed by atoms with Gasteiger partial charge in [0.25, 0.3) is 5.91 Å². The van der Waals surface area contributed by atoms with Gasteiger partial charge in [-0.05, 0) is 6.07 Å². The largest absolute Gasteiger partial charge is 0.396 e. The number of pyridine rings is 1. The monoisotopic (exact) mass is 234 g/mol. The first-order valence-corrected chi connectivity index (χ1v) is 5.50. The van der Waals surface area contributed by atoms with E-state index in [1.807, 2.05) is 0 Å². The molecule has 0 unspecified atom stereocenters. The minimum atomic E-state index is -0.181. The molecule has 1 amide bonds. The van der Waals surface area contributed by atoms with Gasteiger partial charge in [0.1, 0.15) is 5.69 Å². The molecule has 2 rings (SSSR count). The molecular weight excluding hydrogens is 224 g/mol. The lowest BCUT2D eigenvalue weighted by Gasteiger charge is -2.17. The van der Waals surface area contributed by atoms with Crippen LogP contribution in [-0.4, -0.2) is 22.9 Å². The van der Waals surface area contributed by atoms with E-state index in [1.165, 1.54) is 22.4 Å². The van der Waals surface area contributed by atoms with E-state index in [4.69, 9.17) is 5.73 Å². The van der Waals surface area contributed by atoms with Crippen molar-refractivity contribution in [2.75, 3.05) is 17.7 Å². The maximum atomic E-state index is 12.0. The summed E-state index contributed by atoms with van der Waals surface area (Å²) in [5, 5.41) is 1.70. The van der Waals surface area contributed by atoms with Crippen molar-refractivity contribution in [1.82, 2.24) is 9.97 Å². The third-order valence-electron chi connectivity index (χ3n) is 2.15. The summed E-state index contributed by atoms with van der Waals surface area (Å²) < 4.78 is 0. The highest BCUT2D eigenvalue weighted by Gasteiger charge is 2.16. The molecule has 16 heavy (non-hydrogen) atoms. The molecule has 0 saturated carbocycles. The van der Waals surface area contributed by atoms with Crippen LogP contribution in [0.4, 0.5) is 11.4 Å². The van der Waals surface area contributed by atoms with Crippen molar-refractivity contribution in [2.45, 2.75) is 0 Å². The molecule has 0 fully saturated rings. The van der Waals surface area contributed by atoms with Crippen LogP contribution >= 0.6 is 11.3 Å². The lowest BCUT2D eigenvalue weighted by Crippen LogP contribution is -2.27. The highest BCUT2D eigenvalue weighted by molar-refractivity contribution is 7.07. The predicted octanol–water partition coefficient (Wildman–Crippen LogP) is 1.40. The fourth-order valence-corrected chi connectivity index (χ4v) is 1.83. The van der Waals surface area contributed by atoms with Crippen LogP contribution in [0.25, 0.3) is 0 Å². The third kappa shape index (κ3) is 1.87. The van der Waals surface area contributed by atoms with E-state index in [0.29, 0.717) is 17.1 Å². The van der Waals surface area contributed by atoms with Gasteiger partial charge in [-0.2, -0.15) is 0 Å². The van der Waals surface area contributed by atoms with Crippen molar-refractivity contribution < 1.29 is 4.79 Å². The second-order valence-corrected chi connectivity index (χ2v) is 3.89. The third-order valence-corrected chi connectivity index (χ3v) is 2.73. The molecule has 0 saturated heterocycles. The summed E-state index contributed by atoms with van der Waals surface area (Å²) in [6.45, 7) is 0. The summed E-state index contributed by atoms with van der Waals surface area (Å²) in [5.41, 5.74) is 8.88. The maximum Gasteiger partial charge on any atom is 0.277 e. The molecule has 82 valence electrons. The van der Waals surface area contributed by atoms with E-state index in [9.17, 15) is 4.79 Å². The molecule has 2 heterocycles. The van der Waals surface area contributed by atoms with Crippen LogP contribution in [0, 0.1) is 0 Å². The van der Waals surface area contributed by atoms with Gasteiger partial charge in [-0.3, -0.25) is 9.78 Å². The molecule has 0 radical (unpaired) electrons. The number of amides is 1. The number of hydrogen-bond acceptors (Lipinski definition) is 5. The number of carbonyl (C=O) groups excluding carboxylic acids is 1. The number of anilines is 2. The molecule has 0 bridgehead atoms. The van der Waals surface area contributed by atoms with Crippen LogP contribution in [0.3, 0.4) is 0 Å². The Labute approximate surface area is 96.6 Å². The van der Waals surface area contributed by atoms with Crippen molar-refractivity contribution in [1.29, 1.82) is 0 Å². The van der Waals surface area contributed by atoms with Gasteiger partial charge >= 0.3 is 0 Å². The van der Waals surface area contributed by atoms with Crippen LogP contribution in [0.1, 0.15) is 10.5 Å². The number of rotatable bonds is 2. The first-order chi connectivity index (χ1) is 7.70. The van der Waals surface area contributed by atoms with Crippen molar-refractivity contribution in [3.8, 4) is 0 Å². The van der Waals surface area contributed by atoms with Crippen LogP contribution in [-0.2, 0) is 0 Å². The molecule has 0 aliphatic rings. The first-order valence-electron chi connectivity index (χ1n) is 4.56. The smallest absolute Gasteiger partial charge is 0.277 e. The summed E-state index contributed by atoms with van der Waals surface area (Å²) in [7, 11) is 1.66. The normalized spacial score (nSPS) is 10.1. The summed E-state index contributed by atoms with van der Waals surface area (Å²) >= 11 is 1.38. The Kier molecular flexibility index (Phi) is 2.82. The number of nitrogens with zero attached hydrogens (tertiary/aromatic N) is 3. The first kappa shape index (κ1) is 10.6. The Morgan fingerprint density at radius 3 is 3.00 bits per heavy atom. The Morgan fingerprint density at radius 1 is 1.56 bits per heavy atom. The van der Waals surface area contributed by atoms with Gasteiger partial charge in [-0.1, -0.05) is 0 Å². The molecule has 0 aliphatic carbocycles. The van der Waals surface area contributed by atoms with Crippen LogP contribution < -0.4 is 10.6 Å². The fraction of sp³-hybridized carbons (Fsp3) is 0.100. The number of carbonyl (C=O) groups is 1. The average molecular weight is 234 g/mol. The van der Waals surface area contributed by atoms with Gasteiger partial charge < -0.3 is 10.6 Å². The molecule has 0 aliphatic heterocycles. The Bertz CT molecular complexity index is 497. The number of nitrogen functional groups attached to an aromatic ring is 1. The van der Waals surface area contributed by atoms with Gasteiger partial charge in [0.15, 0.2) is 0 Å². The summed E-state index contributed by atoms with van der Waals surface area (Å²) in [5.74, 6) is -0.181. The van der Waals surface area contributed by atoms with Crippen LogP contribution in [0.15, 0.2) is 29.4 Å². The van der Waals surface area contributed by atoms with E-state index in [0.717, 1.165) is 0 Å². The Hall–Kier alpha value is -1.95. The van der Waals surface area contributed by atoms with E-state index in [2.05, 4.69) is 9.97 Å². The zero-order valence-corrected chi connectivity index (χ0v) is 9.44. The van der Waals surface area contributed by atoms with E-state index in [-0.39, 0.29) is 5.91 Å². The average Bonchev–Trinajstić information content (AvgIpc) is 2.81. The molecule has 6 heteroatoms. The molecule has 0 aromatic carbocycles. The summed E-state index contributed by atoms with van der Waals surface area (Å²) in [4.78, 5) is 21.3. The zero-order valence-electron chi connectivity index (χ0n) is 8.62. The van der Waals surface area contributed by atoms with Gasteiger partial charge in [0, 0.05) is 18.6 Å². The van der Waals surface area contributed by atoms with Crippen molar-refractivity contribution in [3.63, 3.8) is 0 Å². The topological polar surface area (TPSA) is 72.1 Å². The lowest BCUT2D eigenvalue weighted by molar-refractivity contribution is 0.0989. The van der Waals surface area contributed by atoms with Crippen LogP contribution in [0.5, 0.6) is 0 Å². The summed E-state index contributed by atoms with van der Waals surface area (Å²) in [6, 6.07) is 1.69. The molecule has 2 N–H and O–H groups in total. The Morgan fingerprint density at radius 2 is 2.38 bits per heavy atom. The molecule has 2 aromatic heterocycles. The maximum absolute atomic E-state index is 12.0. The van der Waals surface area contributed by atoms with E-state index >= 15 is 0 Å². The molecule has 0 atom stereocenters. The molecule has 2 aromatic rings. The van der Waals surface area contributed by atoms with Gasteiger partial charge in [-0.15, -0.1) is 11.3 Å². The van der Waals surface area contributed by atoms with E-state index < -0.39 is 0 Å². The van der Waals surface area contributed by atoms with E-state index in [1.54, 1.807) is 30.2 Å². The molecule has 0 spiro atoms. The number of hydrogen-bond donors (Lipinski definition) is 1. The summed E-state index contributed by atoms with van der Waals surface area (Å²) in [6.07, 6.45) is 3.11. The minimum Gasteiger partial charge on any atom is -0.396 e. The van der Waals surface area contributed by atoms with Gasteiger partial charge in [0.2, 0.25) is 0 Å². The second kappa shape index (κ2) is 4.28. The van der Waals surface area contributed by atoms with Crippen molar-refractivity contribution in [2.24, 2.45) is 0 Å².